The molecule has 2 rings (SSSR count). The molecular formula is C11H11BrClN3OS. The lowest BCUT2D eigenvalue weighted by molar-refractivity contribution is -0.115. The van der Waals surface area contributed by atoms with E-state index in [2.05, 4.69) is 30.8 Å². The SMILES string of the molecule is O=C(CBr)/N=C1\SCCN1Cc1ccc(Cl)nc1. The minimum Gasteiger partial charge on any atom is -0.346 e. The zero-order valence-corrected chi connectivity index (χ0v) is 12.6. The van der Waals surface area contributed by atoms with Gasteiger partial charge < -0.3 is 4.90 Å². The average Bonchev–Trinajstić information content (AvgIpc) is 2.79. The monoisotopic (exact) mass is 347 g/mol. The van der Waals surface area contributed by atoms with Gasteiger partial charge in [-0.2, -0.15) is 4.99 Å². The van der Waals surface area contributed by atoms with Crippen molar-refractivity contribution in [3.63, 3.8) is 0 Å². The Hall–Kier alpha value is -0.590. The summed E-state index contributed by atoms with van der Waals surface area (Å²) in [6.07, 6.45) is 1.75. The minimum absolute atomic E-state index is 0.154. The van der Waals surface area contributed by atoms with E-state index in [1.54, 1.807) is 24.0 Å². The summed E-state index contributed by atoms with van der Waals surface area (Å²) in [5.74, 6) is 0.800. The first-order valence-corrected chi connectivity index (χ1v) is 7.83. The Bertz CT molecular complexity index is 466. The van der Waals surface area contributed by atoms with E-state index in [9.17, 15) is 4.79 Å². The summed E-state index contributed by atoms with van der Waals surface area (Å²) >= 11 is 10.5. The molecule has 0 radical (unpaired) electrons. The quantitative estimate of drug-likeness (QED) is 0.622. The number of amides is 1. The first-order valence-electron chi connectivity index (χ1n) is 5.34. The Morgan fingerprint density at radius 1 is 1.61 bits per heavy atom. The van der Waals surface area contributed by atoms with E-state index in [1.165, 1.54) is 0 Å². The molecule has 7 heteroatoms. The number of rotatable bonds is 3. The van der Waals surface area contributed by atoms with Gasteiger partial charge in [-0.3, -0.25) is 4.79 Å². The van der Waals surface area contributed by atoms with Crippen LogP contribution in [-0.4, -0.2) is 38.6 Å². The molecule has 0 unspecified atom stereocenters. The number of thioether (sulfide) groups is 1. The van der Waals surface area contributed by atoms with Crippen LogP contribution in [0.4, 0.5) is 0 Å². The molecule has 1 aromatic heterocycles. The fourth-order valence-electron chi connectivity index (χ4n) is 1.54. The van der Waals surface area contributed by atoms with E-state index in [0.717, 1.165) is 23.0 Å². The molecule has 4 nitrogen and oxygen atoms in total. The second-order valence-corrected chi connectivity index (χ2v) is 5.69. The van der Waals surface area contributed by atoms with Gasteiger partial charge in [-0.1, -0.05) is 45.4 Å². The molecule has 0 bridgehead atoms. The number of aromatic nitrogens is 1. The van der Waals surface area contributed by atoms with Crippen molar-refractivity contribution in [1.82, 2.24) is 9.88 Å². The summed E-state index contributed by atoms with van der Waals surface area (Å²) in [5, 5.41) is 1.53. The molecule has 0 aromatic carbocycles. The number of pyridine rings is 1. The fourth-order valence-corrected chi connectivity index (χ4v) is 2.78. The number of hydrogen-bond donors (Lipinski definition) is 0. The number of carbonyl (C=O) groups excluding carboxylic acids is 1. The van der Waals surface area contributed by atoms with E-state index in [-0.39, 0.29) is 11.2 Å². The van der Waals surface area contributed by atoms with Crippen LogP contribution in [0, 0.1) is 0 Å². The van der Waals surface area contributed by atoms with Crippen LogP contribution in [0.25, 0.3) is 0 Å². The Morgan fingerprint density at radius 3 is 3.11 bits per heavy atom. The molecule has 1 fully saturated rings. The van der Waals surface area contributed by atoms with Crippen LogP contribution >= 0.6 is 39.3 Å². The van der Waals surface area contributed by atoms with Crippen molar-refractivity contribution in [1.29, 1.82) is 0 Å². The Kier molecular flexibility index (Phi) is 5.03. The largest absolute Gasteiger partial charge is 0.346 e. The van der Waals surface area contributed by atoms with Gasteiger partial charge in [-0.05, 0) is 11.6 Å². The molecule has 0 atom stereocenters. The number of carbonyl (C=O) groups is 1. The Balaban J connectivity index is 2.06. The second-order valence-electron chi connectivity index (χ2n) is 3.68. The van der Waals surface area contributed by atoms with E-state index in [4.69, 9.17) is 11.6 Å². The van der Waals surface area contributed by atoms with Crippen molar-refractivity contribution in [2.45, 2.75) is 6.54 Å². The third-order valence-corrected chi connectivity index (χ3v) is 4.06. The number of nitrogens with zero attached hydrogens (tertiary/aromatic N) is 3. The van der Waals surface area contributed by atoms with Gasteiger partial charge in [0.05, 0.1) is 5.33 Å². The Morgan fingerprint density at radius 2 is 2.44 bits per heavy atom. The first-order chi connectivity index (χ1) is 8.69. The summed E-state index contributed by atoms with van der Waals surface area (Å²) < 4.78 is 0. The van der Waals surface area contributed by atoms with Gasteiger partial charge in [-0.15, -0.1) is 0 Å². The van der Waals surface area contributed by atoms with Gasteiger partial charge in [0.25, 0.3) is 5.91 Å². The van der Waals surface area contributed by atoms with Crippen LogP contribution in [0.1, 0.15) is 5.56 Å². The summed E-state index contributed by atoms with van der Waals surface area (Å²) in [7, 11) is 0. The average molecular weight is 349 g/mol. The van der Waals surface area contributed by atoms with Crippen molar-refractivity contribution in [2.75, 3.05) is 17.6 Å². The van der Waals surface area contributed by atoms with Gasteiger partial charge in [0.15, 0.2) is 5.17 Å². The maximum absolute atomic E-state index is 11.3. The predicted octanol–water partition coefficient (Wildman–Crippen LogP) is 2.56. The summed E-state index contributed by atoms with van der Waals surface area (Å²) in [4.78, 5) is 21.5. The summed E-state index contributed by atoms with van der Waals surface area (Å²) in [6, 6.07) is 3.70. The first kappa shape index (κ1) is 13.8. The number of hydrogen-bond acceptors (Lipinski definition) is 3. The molecule has 0 N–H and O–H groups in total. The molecule has 2 heterocycles. The van der Waals surface area contributed by atoms with E-state index >= 15 is 0 Å². The fraction of sp³-hybridized carbons (Fsp3) is 0.364. The molecular weight excluding hydrogens is 338 g/mol. The van der Waals surface area contributed by atoms with Crippen LogP contribution in [0.3, 0.4) is 0 Å². The lowest BCUT2D eigenvalue weighted by Crippen LogP contribution is -2.24. The summed E-state index contributed by atoms with van der Waals surface area (Å²) in [5.41, 5.74) is 1.06. The topological polar surface area (TPSA) is 45.6 Å². The number of aliphatic imine (C=N–C) groups is 1. The number of halogens is 2. The van der Waals surface area contributed by atoms with Gasteiger partial charge in [0, 0.05) is 25.0 Å². The maximum atomic E-state index is 11.3. The van der Waals surface area contributed by atoms with Crippen LogP contribution in [0.2, 0.25) is 5.15 Å². The molecule has 96 valence electrons. The molecule has 0 aliphatic carbocycles. The molecule has 18 heavy (non-hydrogen) atoms. The maximum Gasteiger partial charge on any atom is 0.258 e. The third kappa shape index (κ3) is 3.70. The van der Waals surface area contributed by atoms with Crippen LogP contribution in [-0.2, 0) is 11.3 Å². The Labute approximate surface area is 123 Å². The van der Waals surface area contributed by atoms with E-state index in [0.29, 0.717) is 11.7 Å². The highest BCUT2D eigenvalue weighted by Crippen LogP contribution is 2.20. The standard InChI is InChI=1S/C11H11BrClN3OS/c12-5-10(17)15-11-16(3-4-18-11)7-8-1-2-9(13)14-6-8/h1-2,6H,3-5,7H2/b15-11-. The highest BCUT2D eigenvalue weighted by molar-refractivity contribution is 9.09. The van der Waals surface area contributed by atoms with Gasteiger partial charge in [0.2, 0.25) is 0 Å². The molecule has 1 saturated heterocycles. The second kappa shape index (κ2) is 6.54. The molecule has 1 aromatic rings. The van der Waals surface area contributed by atoms with Gasteiger partial charge in [-0.25, -0.2) is 4.98 Å². The molecule has 1 amide bonds. The van der Waals surface area contributed by atoms with Crippen molar-refractivity contribution in [2.24, 2.45) is 4.99 Å². The molecule has 0 spiro atoms. The predicted molar refractivity (Wildman–Crippen MR) is 78.4 cm³/mol. The normalized spacial score (nSPS) is 17.4. The van der Waals surface area contributed by atoms with Crippen molar-refractivity contribution in [3.8, 4) is 0 Å². The summed E-state index contributed by atoms with van der Waals surface area (Å²) in [6.45, 7) is 1.59. The van der Waals surface area contributed by atoms with Gasteiger partial charge >= 0.3 is 0 Å². The van der Waals surface area contributed by atoms with Gasteiger partial charge in [0.1, 0.15) is 5.15 Å². The molecule has 1 aliphatic heterocycles. The van der Waals surface area contributed by atoms with Crippen LogP contribution in [0.15, 0.2) is 23.3 Å². The van der Waals surface area contributed by atoms with Crippen molar-refractivity contribution in [3.05, 3.63) is 29.0 Å². The number of alkyl halides is 1. The van der Waals surface area contributed by atoms with Crippen LogP contribution in [0.5, 0.6) is 0 Å². The highest BCUT2D eigenvalue weighted by Gasteiger charge is 2.20. The third-order valence-electron chi connectivity index (χ3n) is 2.36. The van der Waals surface area contributed by atoms with E-state index in [1.807, 2.05) is 6.07 Å². The van der Waals surface area contributed by atoms with Crippen LogP contribution < -0.4 is 0 Å². The highest BCUT2D eigenvalue weighted by atomic mass is 79.9. The van der Waals surface area contributed by atoms with Crippen molar-refractivity contribution >= 4 is 50.4 Å². The molecule has 1 aliphatic rings. The minimum atomic E-state index is -0.154. The zero-order chi connectivity index (χ0) is 13.0. The van der Waals surface area contributed by atoms with E-state index < -0.39 is 0 Å². The smallest absolute Gasteiger partial charge is 0.258 e. The zero-order valence-electron chi connectivity index (χ0n) is 9.47. The lowest BCUT2D eigenvalue weighted by atomic mass is 10.3. The molecule has 0 saturated carbocycles. The lowest BCUT2D eigenvalue weighted by Gasteiger charge is -2.17. The number of amidine groups is 1. The van der Waals surface area contributed by atoms with Crippen molar-refractivity contribution < 1.29 is 4.79 Å².